The highest BCUT2D eigenvalue weighted by Crippen LogP contribution is 2.31. The van der Waals surface area contributed by atoms with E-state index in [1.807, 2.05) is 56.5 Å². The molecule has 2 saturated heterocycles. The van der Waals surface area contributed by atoms with Crippen LogP contribution < -0.4 is 15.1 Å². The quantitative estimate of drug-likeness (QED) is 0.178. The predicted octanol–water partition coefficient (Wildman–Crippen LogP) is 9.25. The fourth-order valence-corrected chi connectivity index (χ4v) is 8.98. The highest BCUT2D eigenvalue weighted by Gasteiger charge is 2.34. The van der Waals surface area contributed by atoms with Crippen molar-refractivity contribution in [2.45, 2.75) is 78.2 Å². The molecule has 63 heavy (non-hydrogen) atoms. The number of amides is 1. The number of anilines is 2. The van der Waals surface area contributed by atoms with E-state index in [-0.39, 0.29) is 23.7 Å². The van der Waals surface area contributed by atoms with Gasteiger partial charge in [-0.3, -0.25) is 0 Å². The molecule has 6 heterocycles. The van der Waals surface area contributed by atoms with E-state index in [0.29, 0.717) is 36.4 Å². The average molecular weight is 913 g/mol. The van der Waals surface area contributed by atoms with Gasteiger partial charge in [-0.2, -0.15) is 15.5 Å². The van der Waals surface area contributed by atoms with E-state index in [0.717, 1.165) is 56.7 Å². The lowest BCUT2D eigenvalue weighted by molar-refractivity contribution is 0.0193. The van der Waals surface area contributed by atoms with Gasteiger partial charge >= 0.3 is 6.09 Å². The van der Waals surface area contributed by atoms with Crippen molar-refractivity contribution in [1.82, 2.24) is 39.4 Å². The number of aromatic nitrogens is 6. The fourth-order valence-electron chi connectivity index (χ4n) is 8.60. The Morgan fingerprint density at radius 3 is 1.79 bits per heavy atom. The summed E-state index contributed by atoms with van der Waals surface area (Å²) in [6.07, 6.45) is 10.8. The van der Waals surface area contributed by atoms with Gasteiger partial charge in [-0.25, -0.2) is 28.2 Å². The van der Waals surface area contributed by atoms with Crippen LogP contribution in [-0.2, 0) is 4.74 Å². The standard InChI is InChI=1S/C25H23FN6.C23H28BrN5O2/c1-16-11-28-12-17(2)32(16)22-6-3-18(4-7-22)21-13-29-25-23(14-30-31(25)15-21)19-5-8-24(26)20(9-19)10-27;1-15-12-27(22(30)31-23(3,4)5)13-16(2)29(15)19-8-6-17(7-9-19)18-10-25-21-20(24)11-26-28(21)14-18/h3-9,13-17,28H,11-12H2,1-2H3;6-11,14-16H,12-13H2,1-5H3/t16-,17+;15-,16+. The van der Waals surface area contributed by atoms with Crippen LogP contribution in [0.5, 0.6) is 0 Å². The van der Waals surface area contributed by atoms with E-state index in [1.165, 1.54) is 17.8 Å². The lowest BCUT2D eigenvalue weighted by Gasteiger charge is -2.45. The fraction of sp³-hybridized carbons (Fsp3) is 0.333. The lowest BCUT2D eigenvalue weighted by atomic mass is 10.0. The molecule has 0 bridgehead atoms. The van der Waals surface area contributed by atoms with E-state index < -0.39 is 11.4 Å². The van der Waals surface area contributed by atoms with Gasteiger partial charge in [0.15, 0.2) is 11.3 Å². The van der Waals surface area contributed by atoms with Crippen molar-refractivity contribution in [2.24, 2.45) is 0 Å². The molecule has 4 atom stereocenters. The first-order chi connectivity index (χ1) is 30.2. The second-order valence-corrected chi connectivity index (χ2v) is 18.3. The van der Waals surface area contributed by atoms with Gasteiger partial charge < -0.3 is 24.8 Å². The number of hydrogen-bond donors (Lipinski definition) is 1. The zero-order valence-electron chi connectivity index (χ0n) is 36.5. The zero-order chi connectivity index (χ0) is 44.6. The van der Waals surface area contributed by atoms with Crippen LogP contribution in [-0.4, -0.2) is 96.1 Å². The topological polar surface area (TPSA) is 132 Å². The molecule has 0 unspecified atom stereocenters. The summed E-state index contributed by atoms with van der Waals surface area (Å²) >= 11 is 3.46. The Balaban J connectivity index is 0.000000173. The maximum Gasteiger partial charge on any atom is 0.410 e. The summed E-state index contributed by atoms with van der Waals surface area (Å²) in [7, 11) is 0. The molecule has 1 amide bonds. The Labute approximate surface area is 375 Å². The molecule has 7 aromatic rings. The number of nitrogens with zero attached hydrogens (tertiary/aromatic N) is 10. The molecule has 13 nitrogen and oxygen atoms in total. The minimum absolute atomic E-state index is 0.00619. The summed E-state index contributed by atoms with van der Waals surface area (Å²) in [4.78, 5) is 28.3. The minimum atomic E-state index is -0.531. The number of ether oxygens (including phenoxy) is 1. The minimum Gasteiger partial charge on any atom is -0.444 e. The Kier molecular flexibility index (Phi) is 12.2. The summed E-state index contributed by atoms with van der Waals surface area (Å²) in [6, 6.07) is 24.6. The number of hydrogen-bond acceptors (Lipinski definition) is 10. The number of fused-ring (bicyclic) bond motifs is 2. The summed E-state index contributed by atoms with van der Waals surface area (Å²) in [5.41, 5.74) is 8.90. The van der Waals surface area contributed by atoms with Crippen molar-refractivity contribution in [2.75, 3.05) is 36.0 Å². The largest absolute Gasteiger partial charge is 0.444 e. The van der Waals surface area contributed by atoms with E-state index in [9.17, 15) is 9.18 Å². The Hall–Kier alpha value is -6.37. The van der Waals surface area contributed by atoms with Gasteiger partial charge in [-0.1, -0.05) is 30.3 Å². The molecule has 3 aromatic carbocycles. The summed E-state index contributed by atoms with van der Waals surface area (Å²) in [5, 5.41) is 21.3. The van der Waals surface area contributed by atoms with Crippen LogP contribution in [0.25, 0.3) is 44.7 Å². The first-order valence-corrected chi connectivity index (χ1v) is 21.9. The molecule has 1 N–H and O–H groups in total. The first-order valence-electron chi connectivity index (χ1n) is 21.2. The van der Waals surface area contributed by atoms with Gasteiger partial charge in [-0.05, 0) is 117 Å². The molecule has 0 spiro atoms. The van der Waals surface area contributed by atoms with Crippen LogP contribution in [0.2, 0.25) is 0 Å². The Bertz CT molecular complexity index is 2770. The molecule has 9 rings (SSSR count). The molecule has 324 valence electrons. The molecule has 15 heteroatoms. The van der Waals surface area contributed by atoms with Crippen molar-refractivity contribution >= 4 is 44.7 Å². The van der Waals surface area contributed by atoms with Crippen LogP contribution in [0.4, 0.5) is 20.6 Å². The molecule has 4 aromatic heterocycles. The summed E-state index contributed by atoms with van der Waals surface area (Å²) in [6.45, 7) is 17.7. The van der Waals surface area contributed by atoms with E-state index in [2.05, 4.69) is 127 Å². The van der Waals surface area contributed by atoms with Crippen LogP contribution >= 0.6 is 15.9 Å². The van der Waals surface area contributed by atoms with E-state index in [1.54, 1.807) is 27.5 Å². The van der Waals surface area contributed by atoms with Crippen LogP contribution in [0, 0.1) is 17.1 Å². The Morgan fingerprint density at radius 1 is 0.730 bits per heavy atom. The van der Waals surface area contributed by atoms with Gasteiger partial charge in [0.2, 0.25) is 0 Å². The lowest BCUT2D eigenvalue weighted by Crippen LogP contribution is -2.58. The second-order valence-electron chi connectivity index (χ2n) is 17.4. The van der Waals surface area contributed by atoms with Crippen molar-refractivity contribution < 1.29 is 13.9 Å². The number of piperazine rings is 2. The third kappa shape index (κ3) is 9.23. The molecular formula is C48H51BrFN11O2. The van der Waals surface area contributed by atoms with E-state index >= 15 is 0 Å². The number of nitriles is 1. The molecule has 0 saturated carbocycles. The maximum atomic E-state index is 13.7. The van der Waals surface area contributed by atoms with Gasteiger partial charge in [0.25, 0.3) is 0 Å². The van der Waals surface area contributed by atoms with Gasteiger partial charge in [0.05, 0.1) is 22.4 Å². The van der Waals surface area contributed by atoms with Crippen LogP contribution in [0.1, 0.15) is 54.0 Å². The smallest absolute Gasteiger partial charge is 0.410 e. The van der Waals surface area contributed by atoms with Crippen LogP contribution in [0.3, 0.4) is 0 Å². The number of rotatable bonds is 5. The summed E-state index contributed by atoms with van der Waals surface area (Å²) in [5.74, 6) is -0.531. The molecule has 0 aliphatic carbocycles. The molecule has 2 aliphatic rings. The normalized spacial score (nSPS) is 19.1. The third-order valence-corrected chi connectivity index (χ3v) is 12.0. The SMILES string of the molecule is C[C@@H]1CN(C(=O)OC(C)(C)C)C[C@H](C)N1c1ccc(-c2cnc3c(Br)cnn3c2)cc1.C[C@@H]1CNC[C@H](C)N1c1ccc(-c2cnc3c(-c4ccc(F)c(C#N)c4)cnn3c2)cc1. The molecular weight excluding hydrogens is 862 g/mol. The van der Waals surface area contributed by atoms with Crippen molar-refractivity contribution in [3.63, 3.8) is 0 Å². The summed E-state index contributed by atoms with van der Waals surface area (Å²) < 4.78 is 23.6. The predicted molar refractivity (Wildman–Crippen MR) is 248 cm³/mol. The number of carbonyl (C=O) groups is 1. The highest BCUT2D eigenvalue weighted by atomic mass is 79.9. The van der Waals surface area contributed by atoms with Gasteiger partial charge in [0.1, 0.15) is 17.5 Å². The molecule has 0 radical (unpaired) electrons. The number of halogens is 2. The van der Waals surface area contributed by atoms with Crippen LogP contribution in [0.15, 0.2) is 108 Å². The second kappa shape index (κ2) is 17.8. The number of nitrogens with one attached hydrogen (secondary N) is 1. The molecule has 2 aliphatic heterocycles. The monoisotopic (exact) mass is 911 g/mol. The molecule has 2 fully saturated rings. The van der Waals surface area contributed by atoms with Gasteiger partial charge in [-0.15, -0.1) is 0 Å². The van der Waals surface area contributed by atoms with Crippen molar-refractivity contribution in [3.8, 4) is 39.4 Å². The average Bonchev–Trinajstić information content (AvgIpc) is 3.86. The maximum absolute atomic E-state index is 13.7. The van der Waals surface area contributed by atoms with Crippen molar-refractivity contribution in [1.29, 1.82) is 5.26 Å². The van der Waals surface area contributed by atoms with Gasteiger partial charge in [0, 0.05) is 103 Å². The number of carbonyl (C=O) groups excluding carboxylic acids is 1. The highest BCUT2D eigenvalue weighted by molar-refractivity contribution is 9.10. The third-order valence-electron chi connectivity index (χ3n) is 11.5. The van der Waals surface area contributed by atoms with Crippen molar-refractivity contribution in [3.05, 3.63) is 120 Å². The number of benzene rings is 3. The zero-order valence-corrected chi connectivity index (χ0v) is 38.1. The Morgan fingerprint density at radius 2 is 1.24 bits per heavy atom. The van der Waals surface area contributed by atoms with E-state index in [4.69, 9.17) is 10.00 Å². The first kappa shape index (κ1) is 43.3.